The fraction of sp³-hybridized carbons (Fsp3) is 0.812. The van der Waals surface area contributed by atoms with Crippen LogP contribution in [-0.4, -0.2) is 16.4 Å². The summed E-state index contributed by atoms with van der Waals surface area (Å²) in [5.41, 5.74) is 0. The lowest BCUT2D eigenvalue weighted by Gasteiger charge is -1.99. The van der Waals surface area contributed by atoms with Crippen molar-refractivity contribution in [2.45, 2.75) is 77.0 Å². The Hall–Kier alpha value is -0.310. The van der Waals surface area contributed by atoms with Crippen LogP contribution in [0.4, 0.5) is 0 Å². The van der Waals surface area contributed by atoms with Crippen molar-refractivity contribution < 1.29 is 9.90 Å². The standard InChI is InChI=1S/C16H29BrO2/c17-15-13-11-9-7-5-3-1-2-4-6-8-10-12-14-16(18)19/h4,6H,1-3,5,7-15H2,(H,18,19)/b6-4-. The third kappa shape index (κ3) is 17.7. The number of alkyl halides is 1. The van der Waals surface area contributed by atoms with Crippen LogP contribution in [0.1, 0.15) is 77.0 Å². The molecule has 0 aromatic rings. The molecule has 3 heteroatoms. The van der Waals surface area contributed by atoms with E-state index in [1.165, 1.54) is 51.4 Å². The zero-order valence-corrected chi connectivity index (χ0v) is 13.7. The number of hydrogen-bond acceptors (Lipinski definition) is 1. The molecule has 0 rings (SSSR count). The average Bonchev–Trinajstić information content (AvgIpc) is 2.39. The maximum absolute atomic E-state index is 10.3. The fourth-order valence-electron chi connectivity index (χ4n) is 2.01. The highest BCUT2D eigenvalue weighted by Crippen LogP contribution is 2.10. The van der Waals surface area contributed by atoms with Gasteiger partial charge < -0.3 is 5.11 Å². The molecule has 0 heterocycles. The van der Waals surface area contributed by atoms with Crippen LogP contribution in [0, 0.1) is 0 Å². The third-order valence-corrected chi connectivity index (χ3v) is 3.74. The number of unbranched alkanes of at least 4 members (excludes halogenated alkanes) is 9. The van der Waals surface area contributed by atoms with Crippen LogP contribution in [0.2, 0.25) is 0 Å². The molecule has 0 aromatic heterocycles. The molecule has 0 aliphatic carbocycles. The molecule has 112 valence electrons. The van der Waals surface area contributed by atoms with E-state index in [1.54, 1.807) is 0 Å². The third-order valence-electron chi connectivity index (χ3n) is 3.18. The van der Waals surface area contributed by atoms with Gasteiger partial charge in [-0.05, 0) is 38.5 Å². The second-order valence-corrected chi connectivity index (χ2v) is 5.86. The minimum Gasteiger partial charge on any atom is -0.481 e. The number of halogens is 1. The highest BCUT2D eigenvalue weighted by Gasteiger charge is 1.94. The Bertz CT molecular complexity index is 227. The van der Waals surface area contributed by atoms with Gasteiger partial charge in [0.1, 0.15) is 0 Å². The fourth-order valence-corrected chi connectivity index (χ4v) is 2.41. The van der Waals surface area contributed by atoms with E-state index >= 15 is 0 Å². The van der Waals surface area contributed by atoms with Crippen LogP contribution >= 0.6 is 15.9 Å². The highest BCUT2D eigenvalue weighted by atomic mass is 79.9. The summed E-state index contributed by atoms with van der Waals surface area (Å²) in [7, 11) is 0. The van der Waals surface area contributed by atoms with Crippen molar-refractivity contribution in [2.24, 2.45) is 0 Å². The Morgan fingerprint density at radius 3 is 1.79 bits per heavy atom. The molecule has 0 radical (unpaired) electrons. The zero-order valence-electron chi connectivity index (χ0n) is 12.1. The largest absolute Gasteiger partial charge is 0.481 e. The van der Waals surface area contributed by atoms with Crippen molar-refractivity contribution in [2.75, 3.05) is 5.33 Å². The number of rotatable bonds is 14. The highest BCUT2D eigenvalue weighted by molar-refractivity contribution is 9.09. The summed E-state index contributed by atoms with van der Waals surface area (Å²) >= 11 is 3.45. The minimum atomic E-state index is -0.680. The molecule has 0 unspecified atom stereocenters. The first-order valence-electron chi connectivity index (χ1n) is 7.70. The zero-order chi connectivity index (χ0) is 14.2. The van der Waals surface area contributed by atoms with Crippen molar-refractivity contribution in [3.63, 3.8) is 0 Å². The molecular weight excluding hydrogens is 304 g/mol. The molecular formula is C16H29BrO2. The molecule has 0 saturated heterocycles. The van der Waals surface area contributed by atoms with E-state index in [0.29, 0.717) is 6.42 Å². The van der Waals surface area contributed by atoms with Gasteiger partial charge in [-0.15, -0.1) is 0 Å². The molecule has 0 amide bonds. The van der Waals surface area contributed by atoms with E-state index in [0.717, 1.165) is 24.6 Å². The van der Waals surface area contributed by atoms with Crippen LogP contribution in [-0.2, 0) is 4.79 Å². The molecule has 1 N–H and O–H groups in total. The lowest BCUT2D eigenvalue weighted by atomic mass is 10.1. The molecule has 0 aliphatic heterocycles. The number of hydrogen-bond donors (Lipinski definition) is 1. The lowest BCUT2D eigenvalue weighted by Crippen LogP contribution is -1.92. The first-order chi connectivity index (χ1) is 9.27. The number of allylic oxidation sites excluding steroid dienone is 2. The second kappa shape index (κ2) is 15.7. The SMILES string of the molecule is O=C(O)CCCC/C=C\CCCCCCCCCBr. The average molecular weight is 333 g/mol. The molecule has 0 atom stereocenters. The number of carbonyl (C=O) groups is 1. The summed E-state index contributed by atoms with van der Waals surface area (Å²) in [4.78, 5) is 10.3. The Kier molecular flexibility index (Phi) is 15.5. The van der Waals surface area contributed by atoms with Crippen molar-refractivity contribution >= 4 is 21.9 Å². The normalized spacial score (nSPS) is 11.2. The van der Waals surface area contributed by atoms with E-state index in [4.69, 9.17) is 5.11 Å². The van der Waals surface area contributed by atoms with Crippen molar-refractivity contribution in [1.29, 1.82) is 0 Å². The summed E-state index contributed by atoms with van der Waals surface area (Å²) in [5.74, 6) is -0.680. The molecule has 19 heavy (non-hydrogen) atoms. The van der Waals surface area contributed by atoms with Crippen molar-refractivity contribution in [1.82, 2.24) is 0 Å². The lowest BCUT2D eigenvalue weighted by molar-refractivity contribution is -0.137. The first kappa shape index (κ1) is 18.7. The molecule has 0 fully saturated rings. The molecule has 0 aromatic carbocycles. The predicted molar refractivity (Wildman–Crippen MR) is 86.0 cm³/mol. The van der Waals surface area contributed by atoms with Gasteiger partial charge in [-0.1, -0.05) is 60.2 Å². The van der Waals surface area contributed by atoms with E-state index in [9.17, 15) is 4.79 Å². The van der Waals surface area contributed by atoms with Crippen LogP contribution in [0.25, 0.3) is 0 Å². The second-order valence-electron chi connectivity index (χ2n) is 5.06. The smallest absolute Gasteiger partial charge is 0.303 e. The van der Waals surface area contributed by atoms with Gasteiger partial charge in [-0.2, -0.15) is 0 Å². The number of carboxylic acids is 1. The van der Waals surface area contributed by atoms with Gasteiger partial charge in [0, 0.05) is 11.8 Å². The van der Waals surface area contributed by atoms with Gasteiger partial charge >= 0.3 is 5.97 Å². The van der Waals surface area contributed by atoms with Gasteiger partial charge in [-0.3, -0.25) is 4.79 Å². The number of carboxylic acid groups (broad SMARTS) is 1. The maximum atomic E-state index is 10.3. The summed E-state index contributed by atoms with van der Waals surface area (Å²) in [5, 5.41) is 9.63. The van der Waals surface area contributed by atoms with Crippen LogP contribution in [0.3, 0.4) is 0 Å². The van der Waals surface area contributed by atoms with Crippen molar-refractivity contribution in [3.05, 3.63) is 12.2 Å². The van der Waals surface area contributed by atoms with Gasteiger partial charge in [0.15, 0.2) is 0 Å². The van der Waals surface area contributed by atoms with Gasteiger partial charge in [0.2, 0.25) is 0 Å². The van der Waals surface area contributed by atoms with Crippen LogP contribution < -0.4 is 0 Å². The Labute approximate surface area is 126 Å². The summed E-state index contributed by atoms with van der Waals surface area (Å²) in [6.45, 7) is 0. The minimum absolute atomic E-state index is 0.308. The Morgan fingerprint density at radius 2 is 1.26 bits per heavy atom. The van der Waals surface area contributed by atoms with Gasteiger partial charge in [0.05, 0.1) is 0 Å². The van der Waals surface area contributed by atoms with Crippen LogP contribution in [0.5, 0.6) is 0 Å². The Morgan fingerprint density at radius 1 is 0.789 bits per heavy atom. The van der Waals surface area contributed by atoms with E-state index in [2.05, 4.69) is 28.1 Å². The van der Waals surface area contributed by atoms with E-state index in [-0.39, 0.29) is 0 Å². The molecule has 0 spiro atoms. The maximum Gasteiger partial charge on any atom is 0.303 e. The first-order valence-corrected chi connectivity index (χ1v) is 8.82. The summed E-state index contributed by atoms with van der Waals surface area (Å²) in [6, 6.07) is 0. The molecule has 2 nitrogen and oxygen atoms in total. The summed E-state index contributed by atoms with van der Waals surface area (Å²) < 4.78 is 0. The number of aliphatic carboxylic acids is 1. The van der Waals surface area contributed by atoms with E-state index in [1.807, 2.05) is 0 Å². The van der Waals surface area contributed by atoms with E-state index < -0.39 is 5.97 Å². The van der Waals surface area contributed by atoms with Gasteiger partial charge in [0.25, 0.3) is 0 Å². The molecule has 0 bridgehead atoms. The van der Waals surface area contributed by atoms with Crippen LogP contribution in [0.15, 0.2) is 12.2 Å². The monoisotopic (exact) mass is 332 g/mol. The molecule has 0 saturated carbocycles. The predicted octanol–water partition coefficient (Wildman–Crippen LogP) is 5.70. The quantitative estimate of drug-likeness (QED) is 0.251. The Balaban J connectivity index is 3.06. The topological polar surface area (TPSA) is 37.3 Å². The summed E-state index contributed by atoms with van der Waals surface area (Å²) in [6.07, 6.45) is 18.2. The van der Waals surface area contributed by atoms with Gasteiger partial charge in [-0.25, -0.2) is 0 Å². The van der Waals surface area contributed by atoms with Crippen molar-refractivity contribution in [3.8, 4) is 0 Å². The molecule has 0 aliphatic rings.